The van der Waals surface area contributed by atoms with Crippen molar-refractivity contribution in [2.24, 2.45) is 17.8 Å². The highest BCUT2D eigenvalue weighted by Gasteiger charge is 2.26. The third-order valence-electron chi connectivity index (χ3n) is 3.13. The summed E-state index contributed by atoms with van der Waals surface area (Å²) in [5.74, 6) is 0.589. The summed E-state index contributed by atoms with van der Waals surface area (Å²) >= 11 is 0. The van der Waals surface area contributed by atoms with E-state index >= 15 is 0 Å². The lowest BCUT2D eigenvalue weighted by atomic mass is 9.83. The Hall–Kier alpha value is -1.83. The molecule has 2 aliphatic rings. The molecular formula is C15H16O2. The van der Waals surface area contributed by atoms with Gasteiger partial charge in [0, 0.05) is 23.8 Å². The first-order valence-electron chi connectivity index (χ1n) is 5.80. The van der Waals surface area contributed by atoms with Crippen molar-refractivity contribution in [2.45, 2.75) is 0 Å². The second-order valence-corrected chi connectivity index (χ2v) is 4.19. The van der Waals surface area contributed by atoms with E-state index in [9.17, 15) is 4.79 Å². The molecule has 17 heavy (non-hydrogen) atoms. The molecule has 0 N–H and O–H groups in total. The van der Waals surface area contributed by atoms with Gasteiger partial charge in [0.15, 0.2) is 0 Å². The van der Waals surface area contributed by atoms with Crippen molar-refractivity contribution < 1.29 is 9.53 Å². The molecule has 0 unspecified atom stereocenters. The Labute approximate surface area is 102 Å². The van der Waals surface area contributed by atoms with Gasteiger partial charge < -0.3 is 4.74 Å². The number of hydrogen-bond acceptors (Lipinski definition) is 2. The van der Waals surface area contributed by atoms with Crippen molar-refractivity contribution in [3.63, 3.8) is 0 Å². The van der Waals surface area contributed by atoms with Crippen molar-refractivity contribution in [3.8, 4) is 0 Å². The van der Waals surface area contributed by atoms with Crippen LogP contribution in [0.2, 0.25) is 0 Å². The summed E-state index contributed by atoms with van der Waals surface area (Å²) in [6.45, 7) is 3.82. The van der Waals surface area contributed by atoms with Crippen LogP contribution >= 0.6 is 0 Å². The minimum atomic E-state index is -0.355. The molecule has 0 radical (unpaired) electrons. The molecule has 0 aliphatic heterocycles. The fourth-order valence-corrected chi connectivity index (χ4v) is 2.19. The molecule has 0 aromatic heterocycles. The number of rotatable bonds is 5. The highest BCUT2D eigenvalue weighted by molar-refractivity contribution is 5.81. The minimum absolute atomic E-state index is 0.268. The van der Waals surface area contributed by atoms with Crippen LogP contribution in [0.15, 0.2) is 61.3 Å². The Morgan fingerprint density at radius 1 is 1.12 bits per heavy atom. The summed E-state index contributed by atoms with van der Waals surface area (Å²) in [4.78, 5) is 11.1. The first-order valence-corrected chi connectivity index (χ1v) is 5.80. The summed E-state index contributed by atoms with van der Waals surface area (Å²) in [5.41, 5.74) is 0. The number of carbonyl (C=O) groups excluding carboxylic acids is 1. The first kappa shape index (κ1) is 11.6. The zero-order chi connectivity index (χ0) is 12.1. The molecule has 88 valence electrons. The van der Waals surface area contributed by atoms with Crippen LogP contribution in [0.5, 0.6) is 0 Å². The summed E-state index contributed by atoms with van der Waals surface area (Å²) in [6, 6.07) is 0. The van der Waals surface area contributed by atoms with Crippen molar-refractivity contribution >= 4 is 5.97 Å². The molecule has 2 rings (SSSR count). The van der Waals surface area contributed by atoms with Gasteiger partial charge in [0.1, 0.15) is 0 Å². The van der Waals surface area contributed by atoms with Crippen molar-refractivity contribution in [1.29, 1.82) is 0 Å². The minimum Gasteiger partial charge on any atom is -0.462 e. The first-order chi connectivity index (χ1) is 8.31. The lowest BCUT2D eigenvalue weighted by molar-refractivity contribution is -0.139. The van der Waals surface area contributed by atoms with Gasteiger partial charge in [0.05, 0.1) is 6.61 Å². The average Bonchev–Trinajstić information content (AvgIpc) is 3.01. The Kier molecular flexibility index (Phi) is 3.76. The van der Waals surface area contributed by atoms with E-state index in [0.29, 0.717) is 18.4 Å². The van der Waals surface area contributed by atoms with Gasteiger partial charge in [-0.15, -0.1) is 0 Å². The predicted octanol–water partition coefficient (Wildman–Crippen LogP) is 2.82. The van der Waals surface area contributed by atoms with Gasteiger partial charge in [-0.05, 0) is 0 Å². The molecule has 0 aromatic carbocycles. The van der Waals surface area contributed by atoms with Gasteiger partial charge in [-0.1, -0.05) is 55.2 Å². The molecule has 0 heterocycles. The number of hydrogen-bond donors (Lipinski definition) is 0. The third kappa shape index (κ3) is 2.84. The monoisotopic (exact) mass is 228 g/mol. The standard InChI is InChI=1S/C15H16O2/c1-2-15(16)17-11-14(12-7-3-4-8-12)13-9-5-6-10-13/h2-10,12-14H,1,11H2. The van der Waals surface area contributed by atoms with E-state index in [1.54, 1.807) is 0 Å². The average molecular weight is 228 g/mol. The molecule has 2 aliphatic carbocycles. The van der Waals surface area contributed by atoms with E-state index in [1.807, 2.05) is 24.3 Å². The van der Waals surface area contributed by atoms with Crippen molar-refractivity contribution in [3.05, 3.63) is 61.3 Å². The molecule has 0 aromatic rings. The van der Waals surface area contributed by atoms with E-state index in [0.717, 1.165) is 0 Å². The van der Waals surface area contributed by atoms with Crippen LogP contribution in [0.1, 0.15) is 0 Å². The van der Waals surface area contributed by atoms with Crippen molar-refractivity contribution in [2.75, 3.05) is 6.61 Å². The van der Waals surface area contributed by atoms with E-state index in [2.05, 4.69) is 30.9 Å². The zero-order valence-corrected chi connectivity index (χ0v) is 9.66. The van der Waals surface area contributed by atoms with Crippen LogP contribution in [0.25, 0.3) is 0 Å². The highest BCUT2D eigenvalue weighted by Crippen LogP contribution is 2.30. The van der Waals surface area contributed by atoms with Gasteiger partial charge in [0.2, 0.25) is 0 Å². The molecule has 2 nitrogen and oxygen atoms in total. The number of ether oxygens (including phenoxy) is 1. The SMILES string of the molecule is C=CC(=O)OCC(C1C=CC=C1)C1C=CC=C1. The smallest absolute Gasteiger partial charge is 0.330 e. The number of allylic oxidation sites excluding steroid dienone is 8. The quantitative estimate of drug-likeness (QED) is 0.534. The topological polar surface area (TPSA) is 26.3 Å². The summed E-state index contributed by atoms with van der Waals surface area (Å²) in [6.07, 6.45) is 17.9. The van der Waals surface area contributed by atoms with Gasteiger partial charge >= 0.3 is 5.97 Å². The van der Waals surface area contributed by atoms with E-state index in [1.165, 1.54) is 6.08 Å². The van der Waals surface area contributed by atoms with E-state index in [-0.39, 0.29) is 11.9 Å². The second kappa shape index (κ2) is 5.48. The fourth-order valence-electron chi connectivity index (χ4n) is 2.19. The van der Waals surface area contributed by atoms with Gasteiger partial charge in [0.25, 0.3) is 0 Å². The lowest BCUT2D eigenvalue weighted by Gasteiger charge is -2.24. The molecule has 0 amide bonds. The normalized spacial score (nSPS) is 18.4. The van der Waals surface area contributed by atoms with Crippen LogP contribution < -0.4 is 0 Å². The zero-order valence-electron chi connectivity index (χ0n) is 9.66. The predicted molar refractivity (Wildman–Crippen MR) is 68.2 cm³/mol. The maximum Gasteiger partial charge on any atom is 0.330 e. The molecule has 0 fully saturated rings. The summed E-state index contributed by atoms with van der Waals surface area (Å²) < 4.78 is 5.19. The number of carbonyl (C=O) groups is 1. The fraction of sp³-hybridized carbons (Fsp3) is 0.267. The summed E-state index contributed by atoms with van der Waals surface area (Å²) in [7, 11) is 0. The highest BCUT2D eigenvalue weighted by atomic mass is 16.5. The second-order valence-electron chi connectivity index (χ2n) is 4.19. The van der Waals surface area contributed by atoms with Crippen molar-refractivity contribution in [1.82, 2.24) is 0 Å². The van der Waals surface area contributed by atoms with E-state index < -0.39 is 0 Å². The van der Waals surface area contributed by atoms with Crippen LogP contribution in [0.4, 0.5) is 0 Å². The molecule has 0 bridgehead atoms. The Morgan fingerprint density at radius 2 is 1.59 bits per heavy atom. The summed E-state index contributed by atoms with van der Waals surface area (Å²) in [5, 5.41) is 0. The Morgan fingerprint density at radius 3 is 2.00 bits per heavy atom. The Balaban J connectivity index is 2.01. The van der Waals surface area contributed by atoms with Crippen LogP contribution in [-0.4, -0.2) is 12.6 Å². The lowest BCUT2D eigenvalue weighted by Crippen LogP contribution is -2.24. The van der Waals surface area contributed by atoms with Crippen LogP contribution in [0, 0.1) is 17.8 Å². The van der Waals surface area contributed by atoms with Gasteiger partial charge in [-0.25, -0.2) is 4.79 Å². The van der Waals surface area contributed by atoms with E-state index in [4.69, 9.17) is 4.74 Å². The molecular weight excluding hydrogens is 212 g/mol. The van der Waals surface area contributed by atoms with Crippen LogP contribution in [0.3, 0.4) is 0 Å². The molecule has 0 saturated heterocycles. The molecule has 0 saturated carbocycles. The Bertz CT molecular complexity index is 361. The number of esters is 1. The van der Waals surface area contributed by atoms with Gasteiger partial charge in [-0.2, -0.15) is 0 Å². The van der Waals surface area contributed by atoms with Crippen LogP contribution in [-0.2, 0) is 9.53 Å². The van der Waals surface area contributed by atoms with Gasteiger partial charge in [-0.3, -0.25) is 0 Å². The maximum atomic E-state index is 11.1. The largest absolute Gasteiger partial charge is 0.462 e. The third-order valence-corrected chi connectivity index (χ3v) is 3.13. The molecule has 0 atom stereocenters. The molecule has 2 heteroatoms. The molecule has 0 spiro atoms. The maximum absolute atomic E-state index is 11.1.